The number of benzene rings is 1. The molecule has 0 bridgehead atoms. The summed E-state index contributed by atoms with van der Waals surface area (Å²) in [5.74, 6) is 0.152. The smallest absolute Gasteiger partial charge is 0.232 e. The quantitative estimate of drug-likeness (QED) is 0.846. The van der Waals surface area contributed by atoms with Gasteiger partial charge in [-0.2, -0.15) is 0 Å². The molecule has 0 spiro atoms. The fraction of sp³-hybridized carbons (Fsp3) is 0.500. The van der Waals surface area contributed by atoms with Crippen molar-refractivity contribution in [2.45, 2.75) is 44.4 Å². The minimum Gasteiger partial charge on any atom is -0.370 e. The lowest BCUT2D eigenvalue weighted by molar-refractivity contribution is -0.143. The molecule has 0 unspecified atom stereocenters. The molecule has 0 radical (unpaired) electrons. The van der Waals surface area contributed by atoms with Crippen LogP contribution in [0, 0.1) is 0 Å². The number of ether oxygens (including phenoxy) is 1. The van der Waals surface area contributed by atoms with Crippen molar-refractivity contribution >= 4 is 5.91 Å². The molecule has 1 amide bonds. The van der Waals surface area contributed by atoms with E-state index in [2.05, 4.69) is 10.3 Å². The highest BCUT2D eigenvalue weighted by Gasteiger charge is 2.41. The van der Waals surface area contributed by atoms with Crippen LogP contribution in [0.5, 0.6) is 0 Å². The van der Waals surface area contributed by atoms with Gasteiger partial charge in [0.05, 0.1) is 36.1 Å². The third-order valence-electron chi connectivity index (χ3n) is 5.25. The molecule has 126 valence electrons. The topological polar surface area (TPSA) is 60.3 Å². The first-order valence-corrected chi connectivity index (χ1v) is 8.43. The summed E-state index contributed by atoms with van der Waals surface area (Å²) in [7, 11) is 0. The van der Waals surface area contributed by atoms with E-state index in [-0.39, 0.29) is 18.1 Å². The van der Waals surface area contributed by atoms with Crippen LogP contribution in [0.2, 0.25) is 0 Å². The van der Waals surface area contributed by atoms with Crippen LogP contribution in [0.3, 0.4) is 0 Å². The van der Waals surface area contributed by atoms with E-state index in [1.807, 2.05) is 53.8 Å². The molecule has 2 aromatic rings. The number of amides is 1. The van der Waals surface area contributed by atoms with Gasteiger partial charge in [-0.15, -0.1) is 5.10 Å². The van der Waals surface area contributed by atoms with Gasteiger partial charge in [-0.05, 0) is 25.8 Å². The number of hydrogen-bond acceptors (Lipinski definition) is 4. The summed E-state index contributed by atoms with van der Waals surface area (Å²) in [5.41, 5.74) is 1.47. The number of fused-ring (bicyclic) bond motifs is 3. The molecule has 1 fully saturated rings. The number of aromatic nitrogens is 3. The van der Waals surface area contributed by atoms with E-state index >= 15 is 0 Å². The van der Waals surface area contributed by atoms with E-state index in [0.717, 1.165) is 24.2 Å². The minimum absolute atomic E-state index is 0.0560. The first-order chi connectivity index (χ1) is 11.6. The maximum absolute atomic E-state index is 13.2. The van der Waals surface area contributed by atoms with Crippen LogP contribution in [-0.4, -0.2) is 45.0 Å². The summed E-state index contributed by atoms with van der Waals surface area (Å²) in [5, 5.41) is 8.19. The molecule has 4 rings (SSSR count). The van der Waals surface area contributed by atoms with Crippen LogP contribution in [-0.2, 0) is 21.6 Å². The van der Waals surface area contributed by atoms with Crippen molar-refractivity contribution < 1.29 is 9.53 Å². The lowest BCUT2D eigenvalue weighted by Gasteiger charge is -2.43. The Labute approximate surface area is 141 Å². The lowest BCUT2D eigenvalue weighted by atomic mass is 9.82. The Morgan fingerprint density at radius 3 is 2.88 bits per heavy atom. The van der Waals surface area contributed by atoms with Gasteiger partial charge in [0.15, 0.2) is 0 Å². The maximum atomic E-state index is 13.2. The normalized spacial score (nSPS) is 23.5. The van der Waals surface area contributed by atoms with Gasteiger partial charge in [-0.1, -0.05) is 35.5 Å². The average molecular weight is 326 g/mol. The molecule has 0 aliphatic carbocycles. The summed E-state index contributed by atoms with van der Waals surface area (Å²) in [4.78, 5) is 15.1. The van der Waals surface area contributed by atoms with Crippen molar-refractivity contribution in [1.29, 1.82) is 0 Å². The molecule has 3 heterocycles. The van der Waals surface area contributed by atoms with E-state index in [9.17, 15) is 4.79 Å². The van der Waals surface area contributed by atoms with E-state index in [0.29, 0.717) is 13.2 Å². The van der Waals surface area contributed by atoms with Crippen molar-refractivity contribution in [3.63, 3.8) is 0 Å². The highest BCUT2D eigenvalue weighted by Crippen LogP contribution is 2.33. The van der Waals surface area contributed by atoms with E-state index in [4.69, 9.17) is 4.74 Å². The number of hydrogen-bond donors (Lipinski definition) is 0. The molecule has 2 aliphatic heterocycles. The Balaban J connectivity index is 1.57. The number of likely N-dealkylation sites (tertiary alicyclic amines) is 1. The molecule has 2 atom stereocenters. The lowest BCUT2D eigenvalue weighted by Crippen LogP contribution is -2.53. The SMILES string of the molecule is CC(C)(C(=O)N1CC[C@@H]2OCc3cnnn3[C@H]2C1)c1ccccc1. The third-order valence-corrected chi connectivity index (χ3v) is 5.25. The van der Waals surface area contributed by atoms with Gasteiger partial charge in [0, 0.05) is 13.1 Å². The predicted molar refractivity (Wildman–Crippen MR) is 88.3 cm³/mol. The predicted octanol–water partition coefficient (Wildman–Crippen LogP) is 1.93. The van der Waals surface area contributed by atoms with Crippen molar-refractivity contribution in [3.8, 4) is 0 Å². The van der Waals surface area contributed by atoms with Gasteiger partial charge >= 0.3 is 0 Å². The fourth-order valence-electron chi connectivity index (χ4n) is 3.74. The summed E-state index contributed by atoms with van der Waals surface area (Å²) in [6, 6.07) is 10.0. The van der Waals surface area contributed by atoms with E-state index in [1.165, 1.54) is 0 Å². The number of nitrogens with zero attached hydrogens (tertiary/aromatic N) is 4. The molecule has 2 aliphatic rings. The van der Waals surface area contributed by atoms with Crippen molar-refractivity contribution in [3.05, 3.63) is 47.8 Å². The summed E-state index contributed by atoms with van der Waals surface area (Å²) in [6.45, 7) is 5.89. The van der Waals surface area contributed by atoms with Gasteiger partial charge < -0.3 is 9.64 Å². The Kier molecular flexibility index (Phi) is 3.64. The maximum Gasteiger partial charge on any atom is 0.232 e. The van der Waals surface area contributed by atoms with Crippen molar-refractivity contribution in [2.24, 2.45) is 0 Å². The Hall–Kier alpha value is -2.21. The molecule has 24 heavy (non-hydrogen) atoms. The molecular weight excluding hydrogens is 304 g/mol. The van der Waals surface area contributed by atoms with E-state index < -0.39 is 5.41 Å². The molecule has 0 saturated carbocycles. The van der Waals surface area contributed by atoms with Crippen molar-refractivity contribution in [1.82, 2.24) is 19.9 Å². The first-order valence-electron chi connectivity index (χ1n) is 8.43. The Morgan fingerprint density at radius 2 is 2.08 bits per heavy atom. The van der Waals surface area contributed by atoms with Crippen LogP contribution in [0.1, 0.15) is 37.6 Å². The zero-order valence-corrected chi connectivity index (χ0v) is 14.1. The third kappa shape index (κ3) is 2.41. The molecule has 0 N–H and O–H groups in total. The fourth-order valence-corrected chi connectivity index (χ4v) is 3.74. The summed E-state index contributed by atoms with van der Waals surface area (Å²) in [6.07, 6.45) is 2.69. The zero-order chi connectivity index (χ0) is 16.7. The molecule has 1 aromatic carbocycles. The largest absolute Gasteiger partial charge is 0.370 e. The van der Waals surface area contributed by atoms with Crippen LogP contribution >= 0.6 is 0 Å². The molecular formula is C18H22N4O2. The highest BCUT2D eigenvalue weighted by molar-refractivity contribution is 5.87. The first kappa shape index (κ1) is 15.3. The standard InChI is InChI=1S/C18H22N4O2/c1-18(2,13-6-4-3-5-7-13)17(23)21-9-8-16-15(11-21)22-14(12-24-16)10-19-20-22/h3-7,10,15-16H,8-9,11-12H2,1-2H3/t15-,16-/m0/s1. The Bertz CT molecular complexity index is 740. The number of rotatable bonds is 2. The molecule has 1 aromatic heterocycles. The second-order valence-corrected chi connectivity index (χ2v) is 7.12. The van der Waals surface area contributed by atoms with Crippen LogP contribution in [0.4, 0.5) is 0 Å². The van der Waals surface area contributed by atoms with Gasteiger partial charge in [0.2, 0.25) is 5.91 Å². The summed E-state index contributed by atoms with van der Waals surface area (Å²) < 4.78 is 7.86. The Morgan fingerprint density at radius 1 is 1.29 bits per heavy atom. The monoisotopic (exact) mass is 326 g/mol. The number of carbonyl (C=O) groups excluding carboxylic acids is 1. The van der Waals surface area contributed by atoms with Gasteiger partial charge in [0.25, 0.3) is 0 Å². The molecule has 1 saturated heterocycles. The average Bonchev–Trinajstić information content (AvgIpc) is 3.10. The van der Waals surface area contributed by atoms with Crippen LogP contribution in [0.15, 0.2) is 36.5 Å². The van der Waals surface area contributed by atoms with Gasteiger partial charge in [-0.3, -0.25) is 4.79 Å². The number of carbonyl (C=O) groups is 1. The molecule has 6 nitrogen and oxygen atoms in total. The van der Waals surface area contributed by atoms with Gasteiger partial charge in [0.1, 0.15) is 0 Å². The minimum atomic E-state index is -0.547. The van der Waals surface area contributed by atoms with Crippen LogP contribution < -0.4 is 0 Å². The summed E-state index contributed by atoms with van der Waals surface area (Å²) >= 11 is 0. The highest BCUT2D eigenvalue weighted by atomic mass is 16.5. The zero-order valence-electron chi connectivity index (χ0n) is 14.1. The van der Waals surface area contributed by atoms with Gasteiger partial charge in [-0.25, -0.2) is 4.68 Å². The van der Waals surface area contributed by atoms with Crippen molar-refractivity contribution in [2.75, 3.05) is 13.1 Å². The van der Waals surface area contributed by atoms with Crippen LogP contribution in [0.25, 0.3) is 0 Å². The number of piperidine rings is 1. The van der Waals surface area contributed by atoms with E-state index in [1.54, 1.807) is 6.20 Å². The molecule has 6 heteroatoms. The second-order valence-electron chi connectivity index (χ2n) is 7.12. The second kappa shape index (κ2) is 5.70.